The Hall–Kier alpha value is -2.37. The van der Waals surface area contributed by atoms with Gasteiger partial charge in [0.15, 0.2) is 0 Å². The first-order valence-electron chi connectivity index (χ1n) is 6.85. The van der Waals surface area contributed by atoms with Gasteiger partial charge in [0.2, 0.25) is 0 Å². The Morgan fingerprint density at radius 3 is 2.39 bits per heavy atom. The third kappa shape index (κ3) is 3.36. The van der Waals surface area contributed by atoms with Crippen molar-refractivity contribution in [3.05, 3.63) is 78.1 Å². The first kappa shape index (κ1) is 15.5. The van der Waals surface area contributed by atoms with E-state index >= 15 is 0 Å². The van der Waals surface area contributed by atoms with Crippen LogP contribution in [0.5, 0.6) is 0 Å². The van der Waals surface area contributed by atoms with E-state index in [0.29, 0.717) is 21.8 Å². The summed E-state index contributed by atoms with van der Waals surface area (Å²) in [5, 5.41) is 0.355. The van der Waals surface area contributed by atoms with Crippen molar-refractivity contribution < 1.29 is 8.42 Å². The van der Waals surface area contributed by atoms with Crippen LogP contribution in [-0.2, 0) is 10.0 Å². The number of sulfonamides is 1. The highest BCUT2D eigenvalue weighted by Crippen LogP contribution is 2.34. The van der Waals surface area contributed by atoms with Crippen LogP contribution in [0.2, 0.25) is 5.02 Å². The molecular weight excluding hydrogens is 332 g/mol. The van der Waals surface area contributed by atoms with Crippen molar-refractivity contribution in [2.45, 2.75) is 4.90 Å². The van der Waals surface area contributed by atoms with Crippen molar-refractivity contribution in [2.24, 2.45) is 0 Å². The SMILES string of the molecule is O=S(=O)(Nc1ccccc1)c1cccc(Cl)c1-c1cccnc1. The lowest BCUT2D eigenvalue weighted by Crippen LogP contribution is -2.14. The van der Waals surface area contributed by atoms with Crippen molar-refractivity contribution in [3.63, 3.8) is 0 Å². The zero-order chi connectivity index (χ0) is 16.3. The van der Waals surface area contributed by atoms with E-state index in [-0.39, 0.29) is 4.90 Å². The monoisotopic (exact) mass is 344 g/mol. The fraction of sp³-hybridized carbons (Fsp3) is 0. The highest BCUT2D eigenvalue weighted by Gasteiger charge is 2.21. The van der Waals surface area contributed by atoms with E-state index in [9.17, 15) is 8.42 Å². The highest BCUT2D eigenvalue weighted by atomic mass is 35.5. The smallest absolute Gasteiger partial charge is 0.262 e. The molecule has 0 fully saturated rings. The van der Waals surface area contributed by atoms with Crippen molar-refractivity contribution in [3.8, 4) is 11.1 Å². The number of hydrogen-bond donors (Lipinski definition) is 1. The summed E-state index contributed by atoms with van der Waals surface area (Å²) in [6, 6.07) is 17.0. The Morgan fingerprint density at radius 1 is 0.913 bits per heavy atom. The van der Waals surface area contributed by atoms with Gasteiger partial charge >= 0.3 is 0 Å². The van der Waals surface area contributed by atoms with Crippen LogP contribution in [0.25, 0.3) is 11.1 Å². The Bertz CT molecular complexity index is 914. The molecule has 3 aromatic rings. The zero-order valence-electron chi connectivity index (χ0n) is 12.0. The summed E-state index contributed by atoms with van der Waals surface area (Å²) in [4.78, 5) is 4.15. The highest BCUT2D eigenvalue weighted by molar-refractivity contribution is 7.92. The zero-order valence-corrected chi connectivity index (χ0v) is 13.6. The minimum absolute atomic E-state index is 0.113. The van der Waals surface area contributed by atoms with Crippen LogP contribution < -0.4 is 4.72 Å². The molecule has 6 heteroatoms. The molecule has 0 amide bonds. The second kappa shape index (κ2) is 6.40. The van der Waals surface area contributed by atoms with Gasteiger partial charge in [0, 0.05) is 34.2 Å². The van der Waals surface area contributed by atoms with Crippen LogP contribution in [0.3, 0.4) is 0 Å². The van der Waals surface area contributed by atoms with E-state index in [4.69, 9.17) is 11.6 Å². The molecule has 3 rings (SSSR count). The van der Waals surface area contributed by atoms with Crippen molar-refractivity contribution >= 4 is 27.3 Å². The predicted molar refractivity (Wildman–Crippen MR) is 91.9 cm³/mol. The Morgan fingerprint density at radius 2 is 1.70 bits per heavy atom. The molecule has 0 aliphatic heterocycles. The van der Waals surface area contributed by atoms with E-state index in [1.807, 2.05) is 6.07 Å². The summed E-state index contributed by atoms with van der Waals surface area (Å²) in [7, 11) is -3.78. The Balaban J connectivity index is 2.12. The van der Waals surface area contributed by atoms with Crippen molar-refractivity contribution in [2.75, 3.05) is 4.72 Å². The molecule has 0 aliphatic rings. The minimum Gasteiger partial charge on any atom is -0.280 e. The first-order valence-corrected chi connectivity index (χ1v) is 8.71. The Labute approximate surface area is 139 Å². The molecule has 0 radical (unpaired) electrons. The van der Waals surface area contributed by atoms with Crippen LogP contribution in [0.1, 0.15) is 0 Å². The molecule has 2 aromatic carbocycles. The number of nitrogens with zero attached hydrogens (tertiary/aromatic N) is 1. The molecule has 4 nitrogen and oxygen atoms in total. The van der Waals surface area contributed by atoms with E-state index < -0.39 is 10.0 Å². The first-order chi connectivity index (χ1) is 11.1. The molecule has 0 saturated heterocycles. The number of halogens is 1. The van der Waals surface area contributed by atoms with Gasteiger partial charge in [-0.25, -0.2) is 8.42 Å². The van der Waals surface area contributed by atoms with Gasteiger partial charge in [0.25, 0.3) is 10.0 Å². The van der Waals surface area contributed by atoms with Crippen molar-refractivity contribution in [1.29, 1.82) is 0 Å². The van der Waals surface area contributed by atoms with Crippen LogP contribution >= 0.6 is 11.6 Å². The number of aromatic nitrogens is 1. The number of anilines is 1. The standard InChI is InChI=1S/C17H13ClN2O2S/c18-15-9-4-10-16(17(15)13-6-5-11-19-12-13)23(21,22)20-14-7-2-1-3-8-14/h1-12,20H. The fourth-order valence-electron chi connectivity index (χ4n) is 2.24. The van der Waals surface area contributed by atoms with Crippen LogP contribution in [0, 0.1) is 0 Å². The van der Waals surface area contributed by atoms with E-state index in [1.54, 1.807) is 60.9 Å². The number of para-hydroxylation sites is 1. The summed E-state index contributed by atoms with van der Waals surface area (Å²) in [5.41, 5.74) is 1.57. The topological polar surface area (TPSA) is 59.1 Å². The number of nitrogens with one attached hydrogen (secondary N) is 1. The van der Waals surface area contributed by atoms with Gasteiger partial charge in [0.1, 0.15) is 0 Å². The van der Waals surface area contributed by atoms with Gasteiger partial charge in [-0.2, -0.15) is 0 Å². The quantitative estimate of drug-likeness (QED) is 0.771. The lowest BCUT2D eigenvalue weighted by atomic mass is 10.1. The van der Waals surface area contributed by atoms with Gasteiger partial charge in [0.05, 0.1) is 4.90 Å². The maximum absolute atomic E-state index is 12.8. The van der Waals surface area contributed by atoms with Crippen LogP contribution in [0.4, 0.5) is 5.69 Å². The van der Waals surface area contributed by atoms with Crippen LogP contribution in [0.15, 0.2) is 78.0 Å². The van der Waals surface area contributed by atoms with E-state index in [0.717, 1.165) is 0 Å². The molecule has 0 bridgehead atoms. The van der Waals surface area contributed by atoms with Crippen LogP contribution in [-0.4, -0.2) is 13.4 Å². The molecule has 23 heavy (non-hydrogen) atoms. The molecule has 116 valence electrons. The van der Waals surface area contributed by atoms with Gasteiger partial charge in [-0.1, -0.05) is 41.9 Å². The summed E-state index contributed by atoms with van der Waals surface area (Å²) < 4.78 is 28.1. The molecule has 0 aliphatic carbocycles. The maximum atomic E-state index is 12.8. The molecule has 0 atom stereocenters. The lowest BCUT2D eigenvalue weighted by Gasteiger charge is -2.13. The summed E-state index contributed by atoms with van der Waals surface area (Å²) in [5.74, 6) is 0. The number of benzene rings is 2. The lowest BCUT2D eigenvalue weighted by molar-refractivity contribution is 0.601. The fourth-order valence-corrected chi connectivity index (χ4v) is 3.89. The summed E-state index contributed by atoms with van der Waals surface area (Å²) in [6.45, 7) is 0. The second-order valence-electron chi connectivity index (χ2n) is 4.83. The number of hydrogen-bond acceptors (Lipinski definition) is 3. The van der Waals surface area contributed by atoms with E-state index in [2.05, 4.69) is 9.71 Å². The molecule has 0 spiro atoms. The van der Waals surface area contributed by atoms with E-state index in [1.165, 1.54) is 6.07 Å². The maximum Gasteiger partial charge on any atom is 0.262 e. The normalized spacial score (nSPS) is 11.2. The number of rotatable bonds is 4. The van der Waals surface area contributed by atoms with Gasteiger partial charge in [-0.15, -0.1) is 0 Å². The van der Waals surface area contributed by atoms with Gasteiger partial charge in [-0.05, 0) is 30.3 Å². The molecule has 0 saturated carbocycles. The predicted octanol–water partition coefficient (Wildman–Crippen LogP) is 4.20. The number of pyridine rings is 1. The molecule has 1 heterocycles. The third-order valence-corrected chi connectivity index (χ3v) is 4.98. The Kier molecular flexibility index (Phi) is 4.32. The van der Waals surface area contributed by atoms with Gasteiger partial charge < -0.3 is 0 Å². The third-order valence-electron chi connectivity index (χ3n) is 3.24. The average molecular weight is 345 g/mol. The summed E-state index contributed by atoms with van der Waals surface area (Å²) >= 11 is 6.25. The molecule has 1 aromatic heterocycles. The second-order valence-corrected chi connectivity index (χ2v) is 6.88. The van der Waals surface area contributed by atoms with Crippen molar-refractivity contribution in [1.82, 2.24) is 4.98 Å². The molecule has 0 unspecified atom stereocenters. The average Bonchev–Trinajstić information content (AvgIpc) is 2.56. The van der Waals surface area contributed by atoms with Gasteiger partial charge in [-0.3, -0.25) is 9.71 Å². The minimum atomic E-state index is -3.78. The molecule has 1 N–H and O–H groups in total. The summed E-state index contributed by atoms with van der Waals surface area (Å²) in [6.07, 6.45) is 3.21. The largest absolute Gasteiger partial charge is 0.280 e. The molecular formula is C17H13ClN2O2S.